The van der Waals surface area contributed by atoms with Gasteiger partial charge in [-0.1, -0.05) is 6.42 Å². The van der Waals surface area contributed by atoms with Crippen molar-refractivity contribution in [1.82, 2.24) is 9.88 Å². The minimum Gasteiger partial charge on any atom is -0.461 e. The predicted octanol–water partition coefficient (Wildman–Crippen LogP) is 2.56. The van der Waals surface area contributed by atoms with Gasteiger partial charge in [0.05, 0.1) is 12.8 Å². The van der Waals surface area contributed by atoms with Crippen LogP contribution in [0.3, 0.4) is 0 Å². The molecule has 2 rings (SSSR count). The Balaban J connectivity index is 1.90. The fourth-order valence-corrected chi connectivity index (χ4v) is 2.98. The smallest absolute Gasteiger partial charge is 0.357 e. The molecule has 0 aliphatic carbocycles. The average molecular weight is 283 g/mol. The van der Waals surface area contributed by atoms with Crippen molar-refractivity contribution in [2.75, 3.05) is 25.0 Å². The Kier molecular flexibility index (Phi) is 5.15. The molecule has 1 N–H and O–H groups in total. The molecule has 106 valence electrons. The van der Waals surface area contributed by atoms with Crippen molar-refractivity contribution in [3.8, 4) is 0 Å². The summed E-state index contributed by atoms with van der Waals surface area (Å²) in [6.07, 6.45) is 4.10. The molecule has 1 aromatic heterocycles. The number of aromatic nitrogens is 1. The molecule has 0 spiro atoms. The molecular formula is C13H21N3O2S. The van der Waals surface area contributed by atoms with E-state index in [2.05, 4.69) is 22.1 Å². The maximum atomic E-state index is 11.5. The van der Waals surface area contributed by atoms with Gasteiger partial charge in [0.25, 0.3) is 0 Å². The number of piperidine rings is 1. The lowest BCUT2D eigenvalue weighted by Gasteiger charge is -2.32. The van der Waals surface area contributed by atoms with Crippen LogP contribution < -0.4 is 5.32 Å². The van der Waals surface area contributed by atoms with Crippen molar-refractivity contribution < 1.29 is 9.53 Å². The number of likely N-dealkylation sites (tertiary alicyclic amines) is 1. The van der Waals surface area contributed by atoms with Gasteiger partial charge in [-0.15, -0.1) is 11.3 Å². The summed E-state index contributed by atoms with van der Waals surface area (Å²) < 4.78 is 4.93. The number of carbonyl (C=O) groups is 1. The number of anilines is 1. The molecule has 19 heavy (non-hydrogen) atoms. The molecule has 1 aliphatic rings. The number of hydrogen-bond acceptors (Lipinski definition) is 6. The molecule has 5 nitrogen and oxygen atoms in total. The normalized spacial score (nSPS) is 18.0. The lowest BCUT2D eigenvalue weighted by Crippen LogP contribution is -2.41. The number of esters is 1. The SMILES string of the molecule is CCOC(=O)c1csc(NC(C)N2CCCCC2)n1. The van der Waals surface area contributed by atoms with Crippen LogP contribution in [0.5, 0.6) is 0 Å². The molecule has 0 amide bonds. The highest BCUT2D eigenvalue weighted by Crippen LogP contribution is 2.19. The molecule has 1 aromatic rings. The van der Waals surface area contributed by atoms with E-state index in [1.54, 1.807) is 12.3 Å². The van der Waals surface area contributed by atoms with E-state index >= 15 is 0 Å². The minimum absolute atomic E-state index is 0.251. The molecule has 2 heterocycles. The zero-order chi connectivity index (χ0) is 13.7. The molecule has 0 radical (unpaired) electrons. The van der Waals surface area contributed by atoms with Crippen molar-refractivity contribution >= 4 is 22.4 Å². The quantitative estimate of drug-likeness (QED) is 0.842. The van der Waals surface area contributed by atoms with E-state index in [0.717, 1.165) is 18.2 Å². The van der Waals surface area contributed by atoms with E-state index in [1.165, 1.54) is 30.6 Å². The Bertz CT molecular complexity index is 416. The van der Waals surface area contributed by atoms with E-state index < -0.39 is 0 Å². The molecule has 0 aromatic carbocycles. The van der Waals surface area contributed by atoms with Crippen LogP contribution in [0, 0.1) is 0 Å². The fourth-order valence-electron chi connectivity index (χ4n) is 2.21. The highest BCUT2D eigenvalue weighted by molar-refractivity contribution is 7.13. The van der Waals surface area contributed by atoms with Gasteiger partial charge in [0.2, 0.25) is 0 Å². The number of ether oxygens (including phenoxy) is 1. The lowest BCUT2D eigenvalue weighted by atomic mass is 10.1. The third kappa shape index (κ3) is 3.91. The lowest BCUT2D eigenvalue weighted by molar-refractivity contribution is 0.0520. The number of nitrogens with one attached hydrogen (secondary N) is 1. The number of rotatable bonds is 5. The van der Waals surface area contributed by atoms with Gasteiger partial charge in [0.1, 0.15) is 0 Å². The summed E-state index contributed by atoms with van der Waals surface area (Å²) in [4.78, 5) is 18.2. The molecule has 1 saturated heterocycles. The first-order chi connectivity index (χ1) is 9.20. The Morgan fingerprint density at radius 1 is 1.53 bits per heavy atom. The maximum absolute atomic E-state index is 11.5. The Labute approximate surface area is 118 Å². The first kappa shape index (κ1) is 14.3. The average Bonchev–Trinajstić information content (AvgIpc) is 2.88. The molecule has 6 heteroatoms. The first-order valence-corrected chi connectivity index (χ1v) is 7.72. The molecule has 1 fully saturated rings. The summed E-state index contributed by atoms with van der Waals surface area (Å²) in [6, 6.07) is 0. The molecule has 1 atom stereocenters. The van der Waals surface area contributed by atoms with E-state index in [-0.39, 0.29) is 12.1 Å². The molecule has 0 saturated carbocycles. The maximum Gasteiger partial charge on any atom is 0.357 e. The summed E-state index contributed by atoms with van der Waals surface area (Å²) >= 11 is 1.45. The zero-order valence-corrected chi connectivity index (χ0v) is 12.3. The van der Waals surface area contributed by atoms with E-state index in [1.807, 2.05) is 0 Å². The summed E-state index contributed by atoms with van der Waals surface area (Å²) in [7, 11) is 0. The van der Waals surface area contributed by atoms with Gasteiger partial charge in [-0.05, 0) is 26.7 Å². The molecule has 0 bridgehead atoms. The Hall–Kier alpha value is -1.14. The van der Waals surface area contributed by atoms with Gasteiger partial charge >= 0.3 is 5.97 Å². The van der Waals surface area contributed by atoms with Crippen LogP contribution >= 0.6 is 11.3 Å². The Morgan fingerprint density at radius 3 is 2.95 bits per heavy atom. The fraction of sp³-hybridized carbons (Fsp3) is 0.692. The molecular weight excluding hydrogens is 262 g/mol. The third-order valence-electron chi connectivity index (χ3n) is 3.26. The van der Waals surface area contributed by atoms with Gasteiger partial charge in [-0.3, -0.25) is 4.90 Å². The summed E-state index contributed by atoms with van der Waals surface area (Å²) in [5.74, 6) is -0.350. The highest BCUT2D eigenvalue weighted by atomic mass is 32.1. The monoisotopic (exact) mass is 283 g/mol. The van der Waals surface area contributed by atoms with Gasteiger partial charge in [-0.2, -0.15) is 0 Å². The van der Waals surface area contributed by atoms with Crippen molar-refractivity contribution in [2.24, 2.45) is 0 Å². The number of carbonyl (C=O) groups excluding carboxylic acids is 1. The van der Waals surface area contributed by atoms with Crippen molar-refractivity contribution in [3.05, 3.63) is 11.1 Å². The van der Waals surface area contributed by atoms with Crippen molar-refractivity contribution in [3.63, 3.8) is 0 Å². The second-order valence-corrected chi connectivity index (χ2v) is 5.53. The van der Waals surface area contributed by atoms with Crippen LogP contribution in [0.1, 0.15) is 43.6 Å². The second kappa shape index (κ2) is 6.86. The topological polar surface area (TPSA) is 54.5 Å². The summed E-state index contributed by atoms with van der Waals surface area (Å²) in [5, 5.41) is 5.87. The predicted molar refractivity (Wildman–Crippen MR) is 76.6 cm³/mol. The van der Waals surface area contributed by atoms with E-state index in [9.17, 15) is 4.79 Å². The molecule has 1 unspecified atom stereocenters. The van der Waals surface area contributed by atoms with Crippen LogP contribution in [0.2, 0.25) is 0 Å². The van der Waals surface area contributed by atoms with Crippen LogP contribution in [0.25, 0.3) is 0 Å². The highest BCUT2D eigenvalue weighted by Gasteiger charge is 2.18. The van der Waals surface area contributed by atoms with Crippen molar-refractivity contribution in [2.45, 2.75) is 39.3 Å². The minimum atomic E-state index is -0.350. The van der Waals surface area contributed by atoms with E-state index in [4.69, 9.17) is 4.74 Å². The molecule has 1 aliphatic heterocycles. The van der Waals surface area contributed by atoms with Crippen LogP contribution in [-0.4, -0.2) is 41.7 Å². The van der Waals surface area contributed by atoms with Gasteiger partial charge < -0.3 is 10.1 Å². The summed E-state index contributed by atoms with van der Waals surface area (Å²) in [6.45, 7) is 6.57. The van der Waals surface area contributed by atoms with Crippen LogP contribution in [-0.2, 0) is 4.74 Å². The van der Waals surface area contributed by atoms with E-state index in [0.29, 0.717) is 12.3 Å². The largest absolute Gasteiger partial charge is 0.461 e. The number of nitrogens with zero attached hydrogens (tertiary/aromatic N) is 2. The Morgan fingerprint density at radius 2 is 2.26 bits per heavy atom. The third-order valence-corrected chi connectivity index (χ3v) is 4.03. The first-order valence-electron chi connectivity index (χ1n) is 6.84. The number of thiazole rings is 1. The van der Waals surface area contributed by atoms with Gasteiger partial charge in [0, 0.05) is 18.5 Å². The standard InChI is InChI=1S/C13H21N3O2S/c1-3-18-12(17)11-9-19-13(15-11)14-10(2)16-7-5-4-6-8-16/h9-10H,3-8H2,1-2H3,(H,14,15). The van der Waals surface area contributed by atoms with Gasteiger partial charge in [0.15, 0.2) is 10.8 Å². The summed E-state index contributed by atoms with van der Waals surface area (Å²) in [5.41, 5.74) is 0.389. The zero-order valence-electron chi connectivity index (χ0n) is 11.5. The van der Waals surface area contributed by atoms with Crippen LogP contribution in [0.15, 0.2) is 5.38 Å². The second-order valence-electron chi connectivity index (χ2n) is 4.68. The number of hydrogen-bond donors (Lipinski definition) is 1. The van der Waals surface area contributed by atoms with Crippen molar-refractivity contribution in [1.29, 1.82) is 0 Å². The van der Waals surface area contributed by atoms with Crippen LogP contribution in [0.4, 0.5) is 5.13 Å². The van der Waals surface area contributed by atoms with Gasteiger partial charge in [-0.25, -0.2) is 9.78 Å².